The lowest BCUT2D eigenvalue weighted by atomic mass is 9.86. The molecule has 0 aliphatic heterocycles. The van der Waals surface area contributed by atoms with Crippen molar-refractivity contribution in [3.8, 4) is 0 Å². The number of nitrogens with zero attached hydrogens (tertiary/aromatic N) is 2. The van der Waals surface area contributed by atoms with E-state index in [1.165, 1.54) is 5.56 Å². The minimum atomic E-state index is -0.0217. The lowest BCUT2D eigenvalue weighted by molar-refractivity contribution is 0.104. The van der Waals surface area contributed by atoms with E-state index in [0.717, 1.165) is 5.52 Å². The summed E-state index contributed by atoms with van der Waals surface area (Å²) in [5.41, 5.74) is 3.93. The molecule has 0 aliphatic rings. The van der Waals surface area contributed by atoms with Crippen LogP contribution in [-0.2, 0) is 5.41 Å². The fourth-order valence-electron chi connectivity index (χ4n) is 2.45. The van der Waals surface area contributed by atoms with Crippen LogP contribution in [0.15, 0.2) is 54.9 Å². The molecule has 0 saturated carbocycles. The predicted octanol–water partition coefficient (Wildman–Crippen LogP) is 4.16. The third kappa shape index (κ3) is 2.62. The van der Waals surface area contributed by atoms with Crippen LogP contribution in [0.5, 0.6) is 0 Å². The van der Waals surface area contributed by atoms with Crippen molar-refractivity contribution in [3.63, 3.8) is 0 Å². The number of carbonyl (C=O) groups is 1. The second-order valence-electron chi connectivity index (χ2n) is 6.39. The zero-order valence-corrected chi connectivity index (χ0v) is 13.0. The highest BCUT2D eigenvalue weighted by atomic mass is 16.1. The number of hydrogen-bond donors (Lipinski definition) is 0. The normalized spacial score (nSPS) is 11.6. The first-order chi connectivity index (χ1) is 10.5. The van der Waals surface area contributed by atoms with Crippen molar-refractivity contribution >= 4 is 16.8 Å². The molecule has 0 unspecified atom stereocenters. The molecule has 22 heavy (non-hydrogen) atoms. The molecular formula is C19H18N2O. The van der Waals surface area contributed by atoms with E-state index in [9.17, 15) is 4.79 Å². The van der Waals surface area contributed by atoms with Gasteiger partial charge in [-0.05, 0) is 23.1 Å². The molecule has 3 aromatic rings. The van der Waals surface area contributed by atoms with Crippen LogP contribution in [0.4, 0.5) is 0 Å². The lowest BCUT2D eigenvalue weighted by Crippen LogP contribution is -2.11. The van der Waals surface area contributed by atoms with Gasteiger partial charge in [0.15, 0.2) is 5.78 Å². The highest BCUT2D eigenvalue weighted by molar-refractivity contribution is 6.15. The first kappa shape index (κ1) is 14.4. The molecule has 0 bridgehead atoms. The molecule has 3 nitrogen and oxygen atoms in total. The topological polar surface area (TPSA) is 42.9 Å². The fourth-order valence-corrected chi connectivity index (χ4v) is 2.45. The monoisotopic (exact) mass is 290 g/mol. The Bertz CT molecular complexity index is 825. The molecule has 0 spiro atoms. The van der Waals surface area contributed by atoms with Crippen LogP contribution in [0.2, 0.25) is 0 Å². The van der Waals surface area contributed by atoms with Crippen molar-refractivity contribution in [2.24, 2.45) is 0 Å². The molecule has 1 heterocycles. The fraction of sp³-hybridized carbons (Fsp3) is 0.211. The van der Waals surface area contributed by atoms with E-state index in [4.69, 9.17) is 0 Å². The Kier molecular flexibility index (Phi) is 3.49. The maximum Gasteiger partial charge on any atom is 0.195 e. The second-order valence-corrected chi connectivity index (χ2v) is 6.39. The van der Waals surface area contributed by atoms with Crippen molar-refractivity contribution in [1.29, 1.82) is 0 Å². The van der Waals surface area contributed by atoms with Gasteiger partial charge in [-0.3, -0.25) is 14.8 Å². The van der Waals surface area contributed by atoms with Crippen LogP contribution < -0.4 is 0 Å². The van der Waals surface area contributed by atoms with Crippen LogP contribution in [0.25, 0.3) is 11.0 Å². The average Bonchev–Trinajstić information content (AvgIpc) is 2.53. The van der Waals surface area contributed by atoms with E-state index < -0.39 is 0 Å². The highest BCUT2D eigenvalue weighted by Crippen LogP contribution is 2.24. The maximum atomic E-state index is 12.8. The van der Waals surface area contributed by atoms with Crippen LogP contribution in [0, 0.1) is 0 Å². The molecule has 0 fully saturated rings. The van der Waals surface area contributed by atoms with Gasteiger partial charge >= 0.3 is 0 Å². The van der Waals surface area contributed by atoms with Gasteiger partial charge in [-0.2, -0.15) is 0 Å². The van der Waals surface area contributed by atoms with E-state index in [1.807, 2.05) is 36.4 Å². The molecule has 3 rings (SSSR count). The molecule has 0 atom stereocenters. The molecule has 0 aliphatic carbocycles. The molecule has 0 radical (unpaired) electrons. The molecule has 2 aromatic carbocycles. The number of benzene rings is 2. The summed E-state index contributed by atoms with van der Waals surface area (Å²) in [6, 6.07) is 13.3. The SMILES string of the molecule is CC(C)(C)c1ccc(C(=O)c2cccc3nccnc23)cc1. The number of fused-ring (bicyclic) bond motifs is 1. The van der Waals surface area contributed by atoms with Gasteiger partial charge < -0.3 is 0 Å². The summed E-state index contributed by atoms with van der Waals surface area (Å²) in [4.78, 5) is 21.3. The number of rotatable bonds is 2. The van der Waals surface area contributed by atoms with Gasteiger partial charge in [-0.25, -0.2) is 0 Å². The number of aromatic nitrogens is 2. The van der Waals surface area contributed by atoms with E-state index in [1.54, 1.807) is 18.5 Å². The van der Waals surface area contributed by atoms with Gasteiger partial charge in [0, 0.05) is 18.0 Å². The number of hydrogen-bond acceptors (Lipinski definition) is 3. The Morgan fingerprint density at radius 2 is 1.59 bits per heavy atom. The minimum Gasteiger partial charge on any atom is -0.289 e. The first-order valence-corrected chi connectivity index (χ1v) is 7.32. The average molecular weight is 290 g/mol. The first-order valence-electron chi connectivity index (χ1n) is 7.32. The minimum absolute atomic E-state index is 0.0217. The zero-order valence-electron chi connectivity index (χ0n) is 13.0. The Hall–Kier alpha value is -2.55. The van der Waals surface area contributed by atoms with Crippen molar-refractivity contribution in [2.75, 3.05) is 0 Å². The molecule has 0 amide bonds. The van der Waals surface area contributed by atoms with Gasteiger partial charge in [0.05, 0.1) is 16.6 Å². The lowest BCUT2D eigenvalue weighted by Gasteiger charge is -2.19. The van der Waals surface area contributed by atoms with Gasteiger partial charge in [0.1, 0.15) is 0 Å². The highest BCUT2D eigenvalue weighted by Gasteiger charge is 2.16. The summed E-state index contributed by atoms with van der Waals surface area (Å²) in [6.45, 7) is 6.47. The summed E-state index contributed by atoms with van der Waals surface area (Å²) < 4.78 is 0. The van der Waals surface area contributed by atoms with E-state index in [2.05, 4.69) is 30.7 Å². The number of ketones is 1. The van der Waals surface area contributed by atoms with Crippen LogP contribution in [0.1, 0.15) is 42.3 Å². The molecule has 1 aromatic heterocycles. The Morgan fingerprint density at radius 1 is 0.909 bits per heavy atom. The van der Waals surface area contributed by atoms with Crippen molar-refractivity contribution in [1.82, 2.24) is 9.97 Å². The molecular weight excluding hydrogens is 272 g/mol. The van der Waals surface area contributed by atoms with Crippen molar-refractivity contribution in [3.05, 3.63) is 71.5 Å². The summed E-state index contributed by atoms with van der Waals surface area (Å²) in [6.07, 6.45) is 3.25. The standard InChI is InChI=1S/C19H18N2O/c1-19(2,3)14-9-7-13(8-10-14)18(22)15-5-4-6-16-17(15)21-12-11-20-16/h4-12H,1-3H3. The van der Waals surface area contributed by atoms with Gasteiger partial charge in [-0.1, -0.05) is 51.1 Å². The van der Waals surface area contributed by atoms with Gasteiger partial charge in [-0.15, -0.1) is 0 Å². The molecule has 3 heteroatoms. The van der Waals surface area contributed by atoms with Crippen molar-refractivity contribution < 1.29 is 4.79 Å². The number of carbonyl (C=O) groups excluding carboxylic acids is 1. The van der Waals surface area contributed by atoms with E-state index >= 15 is 0 Å². The zero-order chi connectivity index (χ0) is 15.7. The maximum absolute atomic E-state index is 12.8. The molecule has 0 N–H and O–H groups in total. The van der Waals surface area contributed by atoms with Gasteiger partial charge in [0.25, 0.3) is 0 Å². The van der Waals surface area contributed by atoms with Gasteiger partial charge in [0.2, 0.25) is 0 Å². The Labute approximate surface area is 130 Å². The van der Waals surface area contributed by atoms with Crippen LogP contribution in [0.3, 0.4) is 0 Å². The summed E-state index contributed by atoms with van der Waals surface area (Å²) in [5.74, 6) is -0.0217. The second kappa shape index (κ2) is 5.34. The summed E-state index contributed by atoms with van der Waals surface area (Å²) in [7, 11) is 0. The summed E-state index contributed by atoms with van der Waals surface area (Å²) >= 11 is 0. The quantitative estimate of drug-likeness (QED) is 0.666. The van der Waals surface area contributed by atoms with Crippen LogP contribution >= 0.6 is 0 Å². The van der Waals surface area contributed by atoms with Crippen LogP contribution in [-0.4, -0.2) is 15.8 Å². The number of para-hydroxylation sites is 1. The molecule has 0 saturated heterocycles. The van der Waals surface area contributed by atoms with E-state index in [-0.39, 0.29) is 11.2 Å². The largest absolute Gasteiger partial charge is 0.289 e. The molecule has 110 valence electrons. The third-order valence-electron chi connectivity index (χ3n) is 3.76. The third-order valence-corrected chi connectivity index (χ3v) is 3.76. The smallest absolute Gasteiger partial charge is 0.195 e. The predicted molar refractivity (Wildman–Crippen MR) is 88.1 cm³/mol. The summed E-state index contributed by atoms with van der Waals surface area (Å²) in [5, 5.41) is 0. The Balaban J connectivity index is 2.03. The Morgan fingerprint density at radius 3 is 2.27 bits per heavy atom. The van der Waals surface area contributed by atoms with E-state index in [0.29, 0.717) is 16.6 Å². The van der Waals surface area contributed by atoms with Crippen molar-refractivity contribution in [2.45, 2.75) is 26.2 Å².